The minimum absolute atomic E-state index is 0.0577. The first-order valence-electron chi connectivity index (χ1n) is 11.6. The van der Waals surface area contributed by atoms with E-state index in [9.17, 15) is 9.59 Å². The molecule has 176 valence electrons. The molecule has 0 aliphatic carbocycles. The van der Waals surface area contributed by atoms with Crippen molar-refractivity contribution < 1.29 is 9.59 Å². The van der Waals surface area contributed by atoms with Gasteiger partial charge in [0.25, 0.3) is 5.91 Å². The summed E-state index contributed by atoms with van der Waals surface area (Å²) in [6.07, 6.45) is 3.57. The average Bonchev–Trinajstić information content (AvgIpc) is 2.89. The van der Waals surface area contributed by atoms with E-state index < -0.39 is 6.04 Å². The van der Waals surface area contributed by atoms with Gasteiger partial charge in [-0.2, -0.15) is 0 Å². The molecule has 1 saturated heterocycles. The van der Waals surface area contributed by atoms with Gasteiger partial charge in [0.1, 0.15) is 6.04 Å². The van der Waals surface area contributed by atoms with Crippen LogP contribution in [0.15, 0.2) is 73.1 Å². The summed E-state index contributed by atoms with van der Waals surface area (Å²) in [7, 11) is 1.64. The van der Waals surface area contributed by atoms with Gasteiger partial charge in [0.05, 0.1) is 0 Å². The average molecular weight is 458 g/mol. The second-order valence-electron chi connectivity index (χ2n) is 8.58. The number of hydrogen-bond acceptors (Lipinski definition) is 5. The molecule has 2 heterocycles. The van der Waals surface area contributed by atoms with Crippen molar-refractivity contribution in [3.63, 3.8) is 0 Å². The Morgan fingerprint density at radius 1 is 1.03 bits per heavy atom. The molecule has 1 aliphatic rings. The molecule has 1 aromatic heterocycles. The summed E-state index contributed by atoms with van der Waals surface area (Å²) in [5.74, 6) is -0.131. The third-order valence-electron chi connectivity index (χ3n) is 6.25. The summed E-state index contributed by atoms with van der Waals surface area (Å²) in [6, 6.07) is 19.4. The van der Waals surface area contributed by atoms with Gasteiger partial charge in [0, 0.05) is 63.4 Å². The van der Waals surface area contributed by atoms with Crippen LogP contribution >= 0.6 is 0 Å². The van der Waals surface area contributed by atoms with Crippen molar-refractivity contribution in [1.29, 1.82) is 0 Å². The maximum absolute atomic E-state index is 13.4. The zero-order chi connectivity index (χ0) is 23.9. The van der Waals surface area contributed by atoms with E-state index >= 15 is 0 Å². The predicted octanol–water partition coefficient (Wildman–Crippen LogP) is 3.07. The van der Waals surface area contributed by atoms with Crippen LogP contribution in [-0.4, -0.2) is 59.3 Å². The number of benzene rings is 2. The molecule has 34 heavy (non-hydrogen) atoms. The molecule has 1 fully saturated rings. The van der Waals surface area contributed by atoms with Crippen LogP contribution in [-0.2, 0) is 17.9 Å². The van der Waals surface area contributed by atoms with Gasteiger partial charge in [0.2, 0.25) is 5.91 Å². The first-order valence-corrected chi connectivity index (χ1v) is 11.6. The van der Waals surface area contributed by atoms with Crippen LogP contribution in [0.4, 0.5) is 5.69 Å². The molecule has 2 N–H and O–H groups in total. The Hall–Kier alpha value is -3.71. The van der Waals surface area contributed by atoms with Crippen molar-refractivity contribution in [2.75, 3.05) is 32.0 Å². The SMILES string of the molecule is CNC(=O)[C@H]1CN(C(=O)c2ccc(C)c(NCc3cccnc3)c2)CCN1Cc1ccccc1. The summed E-state index contributed by atoms with van der Waals surface area (Å²) >= 11 is 0. The van der Waals surface area contributed by atoms with Crippen LogP contribution in [0, 0.1) is 6.92 Å². The van der Waals surface area contributed by atoms with Gasteiger partial charge in [-0.1, -0.05) is 42.5 Å². The Labute approximate surface area is 200 Å². The lowest BCUT2D eigenvalue weighted by atomic mass is 10.1. The number of piperazine rings is 1. The predicted molar refractivity (Wildman–Crippen MR) is 133 cm³/mol. The van der Waals surface area contributed by atoms with Crippen LogP contribution in [0.3, 0.4) is 0 Å². The largest absolute Gasteiger partial charge is 0.381 e. The minimum Gasteiger partial charge on any atom is -0.381 e. The lowest BCUT2D eigenvalue weighted by molar-refractivity contribution is -0.128. The summed E-state index contributed by atoms with van der Waals surface area (Å²) in [6.45, 7) is 4.89. The van der Waals surface area contributed by atoms with E-state index in [0.29, 0.717) is 38.3 Å². The maximum Gasteiger partial charge on any atom is 0.254 e. The minimum atomic E-state index is -0.392. The van der Waals surface area contributed by atoms with Gasteiger partial charge in [-0.3, -0.25) is 19.5 Å². The summed E-state index contributed by atoms with van der Waals surface area (Å²) < 4.78 is 0. The highest BCUT2D eigenvalue weighted by Crippen LogP contribution is 2.21. The Kier molecular flexibility index (Phi) is 7.54. The normalized spacial score (nSPS) is 16.2. The molecule has 1 atom stereocenters. The van der Waals surface area contributed by atoms with Crippen LogP contribution in [0.2, 0.25) is 0 Å². The number of aromatic nitrogens is 1. The number of rotatable bonds is 7. The standard InChI is InChI=1S/C27H31N5O2/c1-20-10-11-23(15-24(20)30-17-22-9-6-12-29-16-22)27(34)32-14-13-31(25(19-32)26(33)28-2)18-21-7-4-3-5-8-21/h3-12,15-16,25,30H,13-14,17-19H2,1-2H3,(H,28,33)/t25-/m1/s1. The number of anilines is 1. The van der Waals surface area contributed by atoms with E-state index in [2.05, 4.69) is 32.7 Å². The van der Waals surface area contributed by atoms with Gasteiger partial charge < -0.3 is 15.5 Å². The fourth-order valence-corrected chi connectivity index (χ4v) is 4.26. The first kappa shape index (κ1) is 23.4. The Balaban J connectivity index is 1.46. The fraction of sp³-hybridized carbons (Fsp3) is 0.296. The zero-order valence-corrected chi connectivity index (χ0v) is 19.7. The summed E-state index contributed by atoms with van der Waals surface area (Å²) in [5.41, 5.74) is 4.82. The number of nitrogens with one attached hydrogen (secondary N) is 2. The van der Waals surface area contributed by atoms with Gasteiger partial charge >= 0.3 is 0 Å². The van der Waals surface area contributed by atoms with E-state index in [1.807, 2.05) is 61.7 Å². The Morgan fingerprint density at radius 2 is 1.82 bits per heavy atom. The van der Waals surface area contributed by atoms with E-state index in [1.165, 1.54) is 0 Å². The van der Waals surface area contributed by atoms with Crippen molar-refractivity contribution in [2.24, 2.45) is 0 Å². The van der Waals surface area contributed by atoms with Gasteiger partial charge in [-0.25, -0.2) is 0 Å². The molecular weight excluding hydrogens is 426 g/mol. The van der Waals surface area contributed by atoms with Crippen molar-refractivity contribution in [2.45, 2.75) is 26.1 Å². The molecule has 0 saturated carbocycles. The number of aryl methyl sites for hydroxylation is 1. The van der Waals surface area contributed by atoms with Crippen molar-refractivity contribution in [3.05, 3.63) is 95.3 Å². The van der Waals surface area contributed by atoms with Crippen molar-refractivity contribution >= 4 is 17.5 Å². The highest BCUT2D eigenvalue weighted by Gasteiger charge is 2.34. The third-order valence-corrected chi connectivity index (χ3v) is 6.25. The fourth-order valence-electron chi connectivity index (χ4n) is 4.26. The van der Waals surface area contributed by atoms with E-state index in [-0.39, 0.29) is 11.8 Å². The first-order chi connectivity index (χ1) is 16.5. The second kappa shape index (κ2) is 10.9. The van der Waals surface area contributed by atoms with E-state index in [4.69, 9.17) is 0 Å². The molecule has 2 aromatic carbocycles. The number of likely N-dealkylation sites (N-methyl/N-ethyl adjacent to an activating group) is 1. The molecule has 7 heteroatoms. The molecule has 7 nitrogen and oxygen atoms in total. The zero-order valence-electron chi connectivity index (χ0n) is 19.7. The number of carbonyl (C=O) groups excluding carboxylic acids is 2. The number of hydrogen-bond donors (Lipinski definition) is 2. The lowest BCUT2D eigenvalue weighted by Crippen LogP contribution is -2.59. The molecular formula is C27H31N5O2. The van der Waals surface area contributed by atoms with E-state index in [1.54, 1.807) is 18.1 Å². The van der Waals surface area contributed by atoms with Crippen LogP contribution < -0.4 is 10.6 Å². The molecule has 2 amide bonds. The molecule has 3 aromatic rings. The number of pyridine rings is 1. The quantitative estimate of drug-likeness (QED) is 0.570. The highest BCUT2D eigenvalue weighted by atomic mass is 16.2. The molecule has 0 unspecified atom stereocenters. The highest BCUT2D eigenvalue weighted by molar-refractivity contribution is 5.96. The van der Waals surface area contributed by atoms with E-state index in [0.717, 1.165) is 22.4 Å². The number of nitrogens with zero attached hydrogens (tertiary/aromatic N) is 3. The Bertz CT molecular complexity index is 1120. The monoisotopic (exact) mass is 457 g/mol. The lowest BCUT2D eigenvalue weighted by Gasteiger charge is -2.40. The van der Waals surface area contributed by atoms with Gasteiger partial charge in [-0.15, -0.1) is 0 Å². The topological polar surface area (TPSA) is 77.6 Å². The second-order valence-corrected chi connectivity index (χ2v) is 8.58. The van der Waals surface area contributed by atoms with Crippen LogP contribution in [0.1, 0.15) is 27.0 Å². The number of amides is 2. The number of carbonyl (C=O) groups is 2. The molecule has 0 bridgehead atoms. The van der Waals surface area contributed by atoms with Crippen molar-refractivity contribution in [1.82, 2.24) is 20.1 Å². The summed E-state index contributed by atoms with van der Waals surface area (Å²) in [5, 5.41) is 6.18. The maximum atomic E-state index is 13.4. The molecule has 0 radical (unpaired) electrons. The summed E-state index contributed by atoms with van der Waals surface area (Å²) in [4.78, 5) is 34.2. The van der Waals surface area contributed by atoms with Gasteiger partial charge in [-0.05, 0) is 41.8 Å². The Morgan fingerprint density at radius 3 is 2.56 bits per heavy atom. The van der Waals surface area contributed by atoms with Crippen LogP contribution in [0.25, 0.3) is 0 Å². The molecule has 1 aliphatic heterocycles. The molecule has 4 rings (SSSR count). The third kappa shape index (κ3) is 5.61. The van der Waals surface area contributed by atoms with Crippen LogP contribution in [0.5, 0.6) is 0 Å². The van der Waals surface area contributed by atoms with Crippen molar-refractivity contribution in [3.8, 4) is 0 Å². The molecule has 0 spiro atoms. The van der Waals surface area contributed by atoms with Gasteiger partial charge in [0.15, 0.2) is 0 Å². The smallest absolute Gasteiger partial charge is 0.254 e.